The van der Waals surface area contributed by atoms with E-state index in [2.05, 4.69) is 20.5 Å². The molecule has 3 aromatic heterocycles. The largest absolute Gasteiger partial charge is 0.451 e. The smallest absolute Gasteiger partial charge is 0.343 e. The predicted molar refractivity (Wildman–Crippen MR) is 87.7 cm³/mol. The average molecular weight is 323 g/mol. The Balaban J connectivity index is 1.72. The van der Waals surface area contributed by atoms with Crippen molar-refractivity contribution in [1.29, 1.82) is 0 Å². The number of nitrogens with one attached hydrogen (secondary N) is 1. The summed E-state index contributed by atoms with van der Waals surface area (Å²) in [7, 11) is 0. The molecule has 7 nitrogen and oxygen atoms in total. The molecule has 1 aliphatic heterocycles. The zero-order valence-corrected chi connectivity index (χ0v) is 13.6. The molecule has 4 rings (SSSR count). The molecule has 0 aliphatic carbocycles. The van der Waals surface area contributed by atoms with E-state index in [0.29, 0.717) is 11.4 Å². The Labute approximate surface area is 138 Å². The van der Waals surface area contributed by atoms with Crippen LogP contribution in [0, 0.1) is 0 Å². The van der Waals surface area contributed by atoms with E-state index in [9.17, 15) is 4.79 Å². The minimum atomic E-state index is -0.642. The molecule has 0 bridgehead atoms. The number of rotatable bonds is 3. The fourth-order valence-electron chi connectivity index (χ4n) is 3.04. The Morgan fingerprint density at radius 2 is 2.08 bits per heavy atom. The molecular formula is C17H17N5O2. The number of cyclic esters (lactones) is 1. The summed E-state index contributed by atoms with van der Waals surface area (Å²) in [5.41, 5.74) is 1.45. The van der Waals surface area contributed by atoms with Gasteiger partial charge in [-0.05, 0) is 39.0 Å². The molecule has 0 amide bonds. The van der Waals surface area contributed by atoms with Crippen molar-refractivity contribution >= 4 is 17.4 Å². The highest BCUT2D eigenvalue weighted by molar-refractivity contribution is 5.99. The van der Waals surface area contributed by atoms with Gasteiger partial charge in [0.25, 0.3) is 0 Å². The molecule has 1 atom stereocenters. The lowest BCUT2D eigenvalue weighted by Gasteiger charge is -2.18. The topological polar surface area (TPSA) is 81.4 Å². The first kappa shape index (κ1) is 14.6. The maximum Gasteiger partial charge on any atom is 0.343 e. The van der Waals surface area contributed by atoms with Gasteiger partial charge in [-0.3, -0.25) is 4.40 Å². The molecule has 122 valence electrons. The minimum absolute atomic E-state index is 0.182. The van der Waals surface area contributed by atoms with Gasteiger partial charge in [-0.1, -0.05) is 6.07 Å². The summed E-state index contributed by atoms with van der Waals surface area (Å²) in [6.45, 7) is 5.70. The quantitative estimate of drug-likeness (QED) is 0.746. The number of hydrogen-bond donors (Lipinski definition) is 1. The van der Waals surface area contributed by atoms with Crippen molar-refractivity contribution in [3.8, 4) is 0 Å². The lowest BCUT2D eigenvalue weighted by Crippen LogP contribution is -2.16. The highest BCUT2D eigenvalue weighted by Crippen LogP contribution is 2.38. The van der Waals surface area contributed by atoms with E-state index in [0.717, 1.165) is 17.0 Å². The van der Waals surface area contributed by atoms with Crippen molar-refractivity contribution in [2.24, 2.45) is 0 Å². The lowest BCUT2D eigenvalue weighted by molar-refractivity contribution is 0.00958. The molecule has 0 saturated carbocycles. The van der Waals surface area contributed by atoms with Gasteiger partial charge < -0.3 is 10.1 Å². The number of ether oxygens (including phenoxy) is 1. The number of anilines is 1. The Bertz CT molecular complexity index is 947. The second kappa shape index (κ2) is 5.02. The SMILES string of the molecule is C[C@@H](Nc1nccc2c1C(=O)OC2(C)C)c1nnc2ccccn12. The molecular weight excluding hydrogens is 306 g/mol. The molecule has 0 unspecified atom stereocenters. The third-order valence-corrected chi connectivity index (χ3v) is 4.23. The number of carbonyl (C=O) groups excluding carboxylic acids is 1. The van der Waals surface area contributed by atoms with Gasteiger partial charge in [0.05, 0.1) is 6.04 Å². The Kier molecular flexibility index (Phi) is 3.06. The second-order valence-electron chi connectivity index (χ2n) is 6.34. The molecule has 1 aliphatic rings. The van der Waals surface area contributed by atoms with Crippen molar-refractivity contribution in [2.45, 2.75) is 32.4 Å². The highest BCUT2D eigenvalue weighted by atomic mass is 16.6. The zero-order valence-electron chi connectivity index (χ0n) is 13.6. The van der Waals surface area contributed by atoms with Crippen LogP contribution < -0.4 is 5.32 Å². The van der Waals surface area contributed by atoms with Gasteiger partial charge in [0.1, 0.15) is 17.0 Å². The van der Waals surface area contributed by atoms with Crippen molar-refractivity contribution in [2.75, 3.05) is 5.32 Å². The van der Waals surface area contributed by atoms with Crippen LogP contribution in [-0.2, 0) is 10.3 Å². The first-order valence-electron chi connectivity index (χ1n) is 7.76. The van der Waals surface area contributed by atoms with Gasteiger partial charge in [-0.2, -0.15) is 0 Å². The zero-order chi connectivity index (χ0) is 16.9. The number of hydrogen-bond acceptors (Lipinski definition) is 6. The lowest BCUT2D eigenvalue weighted by atomic mass is 9.97. The molecule has 4 heterocycles. The van der Waals surface area contributed by atoms with Crippen LogP contribution >= 0.6 is 0 Å². The average Bonchev–Trinajstić information content (AvgIpc) is 3.07. The minimum Gasteiger partial charge on any atom is -0.451 e. The van der Waals surface area contributed by atoms with Crippen LogP contribution in [0.25, 0.3) is 5.65 Å². The summed E-state index contributed by atoms with van der Waals surface area (Å²) in [5.74, 6) is 0.891. The first-order chi connectivity index (χ1) is 11.5. The number of aromatic nitrogens is 4. The fraction of sp³-hybridized carbons (Fsp3) is 0.294. The number of fused-ring (bicyclic) bond motifs is 2. The summed E-state index contributed by atoms with van der Waals surface area (Å²) < 4.78 is 7.36. The van der Waals surface area contributed by atoms with E-state index < -0.39 is 5.60 Å². The van der Waals surface area contributed by atoms with Gasteiger partial charge in [-0.15, -0.1) is 10.2 Å². The van der Waals surface area contributed by atoms with Gasteiger partial charge in [0, 0.05) is 18.0 Å². The van der Waals surface area contributed by atoms with Crippen molar-refractivity contribution in [3.63, 3.8) is 0 Å². The van der Waals surface area contributed by atoms with Crippen molar-refractivity contribution in [3.05, 3.63) is 53.6 Å². The van der Waals surface area contributed by atoms with Crippen LogP contribution in [0.5, 0.6) is 0 Å². The molecule has 7 heteroatoms. The van der Waals surface area contributed by atoms with Crippen molar-refractivity contribution in [1.82, 2.24) is 19.6 Å². The summed E-state index contributed by atoms with van der Waals surface area (Å²) in [6, 6.07) is 7.36. The Morgan fingerprint density at radius 3 is 2.92 bits per heavy atom. The summed E-state index contributed by atoms with van der Waals surface area (Å²) >= 11 is 0. The van der Waals surface area contributed by atoms with E-state index in [1.54, 1.807) is 6.20 Å². The number of nitrogens with zero attached hydrogens (tertiary/aromatic N) is 4. The monoisotopic (exact) mass is 323 g/mol. The molecule has 0 aromatic carbocycles. The molecule has 1 N–H and O–H groups in total. The highest BCUT2D eigenvalue weighted by Gasteiger charge is 2.40. The maximum atomic E-state index is 12.2. The van der Waals surface area contributed by atoms with E-state index in [1.807, 2.05) is 55.6 Å². The van der Waals surface area contributed by atoms with Gasteiger partial charge in [0.15, 0.2) is 11.5 Å². The normalized spacial score (nSPS) is 16.7. The molecule has 24 heavy (non-hydrogen) atoms. The number of esters is 1. The summed E-state index contributed by atoms with van der Waals surface area (Å²) in [6.07, 6.45) is 3.59. The molecule has 3 aromatic rings. The third-order valence-electron chi connectivity index (χ3n) is 4.23. The van der Waals surface area contributed by atoms with Gasteiger partial charge in [-0.25, -0.2) is 9.78 Å². The van der Waals surface area contributed by atoms with Crippen molar-refractivity contribution < 1.29 is 9.53 Å². The predicted octanol–water partition coefficient (Wildman–Crippen LogP) is 2.70. The van der Waals surface area contributed by atoms with E-state index in [1.165, 1.54) is 0 Å². The number of pyridine rings is 2. The van der Waals surface area contributed by atoms with Crippen LogP contribution in [0.4, 0.5) is 5.82 Å². The standard InChI is InChI=1S/C17H17N5O2/c1-10(15-21-20-12-6-4-5-9-22(12)15)19-14-13-11(7-8-18-14)17(2,3)24-16(13)23/h4-10H,1-3H3,(H,18,19)/t10-/m1/s1. The van der Waals surface area contributed by atoms with Gasteiger partial charge >= 0.3 is 5.97 Å². The van der Waals surface area contributed by atoms with Crippen LogP contribution in [0.2, 0.25) is 0 Å². The maximum absolute atomic E-state index is 12.2. The van der Waals surface area contributed by atoms with Crippen LogP contribution in [-0.4, -0.2) is 25.6 Å². The van der Waals surface area contributed by atoms with Crippen LogP contribution in [0.15, 0.2) is 36.7 Å². The fourth-order valence-corrected chi connectivity index (χ4v) is 3.04. The third kappa shape index (κ3) is 2.12. The molecule has 0 spiro atoms. The second-order valence-corrected chi connectivity index (χ2v) is 6.34. The van der Waals surface area contributed by atoms with Gasteiger partial charge in [0.2, 0.25) is 0 Å². The van der Waals surface area contributed by atoms with E-state index in [4.69, 9.17) is 4.74 Å². The Morgan fingerprint density at radius 1 is 1.25 bits per heavy atom. The molecule has 0 fully saturated rings. The first-order valence-corrected chi connectivity index (χ1v) is 7.76. The van der Waals surface area contributed by atoms with Crippen LogP contribution in [0.3, 0.4) is 0 Å². The van der Waals surface area contributed by atoms with E-state index in [-0.39, 0.29) is 12.0 Å². The van der Waals surface area contributed by atoms with E-state index >= 15 is 0 Å². The molecule has 0 radical (unpaired) electrons. The summed E-state index contributed by atoms with van der Waals surface area (Å²) in [4.78, 5) is 16.6. The Hall–Kier alpha value is -2.96. The number of carbonyl (C=O) groups is 1. The molecule has 0 saturated heterocycles. The summed E-state index contributed by atoms with van der Waals surface area (Å²) in [5, 5.41) is 11.7. The van der Waals surface area contributed by atoms with Crippen LogP contribution in [0.1, 0.15) is 48.6 Å².